The molecular formula is C55H61BN2. The van der Waals surface area contributed by atoms with Crippen molar-refractivity contribution in [3.63, 3.8) is 0 Å². The largest absolute Gasteiger partial charge is 0.338 e. The van der Waals surface area contributed by atoms with E-state index in [1.807, 2.05) is 0 Å². The lowest BCUT2D eigenvalue weighted by molar-refractivity contribution is 0.392. The fraction of sp³-hybridized carbons (Fsp3) is 0.345. The van der Waals surface area contributed by atoms with E-state index >= 15 is 0 Å². The molecule has 58 heavy (non-hydrogen) atoms. The third kappa shape index (κ3) is 6.59. The molecule has 0 N–H and O–H groups in total. The summed E-state index contributed by atoms with van der Waals surface area (Å²) in [5.41, 5.74) is 23.4. The van der Waals surface area contributed by atoms with Crippen LogP contribution in [-0.4, -0.2) is 6.71 Å². The third-order valence-corrected chi connectivity index (χ3v) is 13.2. The molecule has 6 aromatic rings. The van der Waals surface area contributed by atoms with Crippen molar-refractivity contribution in [1.82, 2.24) is 0 Å². The summed E-state index contributed by atoms with van der Waals surface area (Å²) < 4.78 is 0. The Kier molecular flexibility index (Phi) is 8.80. The van der Waals surface area contributed by atoms with Crippen LogP contribution in [0.2, 0.25) is 0 Å². The normalized spacial score (nSPS) is 15.6. The van der Waals surface area contributed by atoms with E-state index in [9.17, 15) is 0 Å². The lowest BCUT2D eigenvalue weighted by Gasteiger charge is -2.45. The van der Waals surface area contributed by atoms with Crippen molar-refractivity contribution in [2.75, 3.05) is 9.80 Å². The molecule has 0 atom stereocenters. The van der Waals surface area contributed by atoms with Gasteiger partial charge in [-0.1, -0.05) is 155 Å². The Bertz CT molecular complexity index is 2590. The van der Waals surface area contributed by atoms with Crippen LogP contribution in [0.5, 0.6) is 0 Å². The number of rotatable bonds is 4. The van der Waals surface area contributed by atoms with Gasteiger partial charge in [0.1, 0.15) is 0 Å². The van der Waals surface area contributed by atoms with Gasteiger partial charge in [0.15, 0.2) is 0 Å². The number of aryl methyl sites for hydroxylation is 1. The van der Waals surface area contributed by atoms with E-state index in [2.05, 4.69) is 208 Å². The van der Waals surface area contributed by atoms with Crippen LogP contribution in [0.3, 0.4) is 0 Å². The Labute approximate surface area is 349 Å². The van der Waals surface area contributed by atoms with Gasteiger partial charge in [-0.2, -0.15) is 0 Å². The molecule has 0 bridgehead atoms. The van der Waals surface area contributed by atoms with Crippen LogP contribution >= 0.6 is 0 Å². The molecule has 9 rings (SSSR count). The van der Waals surface area contributed by atoms with Crippen LogP contribution in [0, 0.1) is 12.3 Å². The number of hydrogen-bond acceptors (Lipinski definition) is 2. The number of nitrogens with zero attached hydrogens (tertiary/aromatic N) is 2. The highest BCUT2D eigenvalue weighted by Gasteiger charge is 2.45. The standard InChI is InChI=1S/C55H61BN2/c1-35-25-49-51-50(26-35)58(43-20-16-19-40(29-43)52(2,3)4)48-31-42(54(8,9)10)23-24-45(48)56(51)46-27-38-32-55(11,12)33-39(38)28-47(46)57(49)34-37-21-22-41(53(5,6)7)30-44(37)36-17-14-13-15-18-36/h13-31H,32-34H2,1-12H3. The van der Waals surface area contributed by atoms with E-state index in [1.165, 1.54) is 94.9 Å². The van der Waals surface area contributed by atoms with E-state index < -0.39 is 0 Å². The monoisotopic (exact) mass is 760 g/mol. The Morgan fingerprint density at radius 2 is 1.17 bits per heavy atom. The smallest absolute Gasteiger partial charge is 0.252 e. The van der Waals surface area contributed by atoms with Crippen LogP contribution in [0.25, 0.3) is 11.1 Å². The molecule has 1 aliphatic carbocycles. The van der Waals surface area contributed by atoms with E-state index in [-0.39, 0.29) is 28.4 Å². The summed E-state index contributed by atoms with van der Waals surface area (Å²) in [7, 11) is 0. The molecule has 0 amide bonds. The predicted molar refractivity (Wildman–Crippen MR) is 252 cm³/mol. The highest BCUT2D eigenvalue weighted by atomic mass is 15.2. The first-order valence-corrected chi connectivity index (χ1v) is 21.6. The molecule has 0 unspecified atom stereocenters. The first-order valence-electron chi connectivity index (χ1n) is 21.6. The van der Waals surface area contributed by atoms with Gasteiger partial charge < -0.3 is 9.80 Å². The lowest BCUT2D eigenvalue weighted by atomic mass is 9.33. The second kappa shape index (κ2) is 13.3. The topological polar surface area (TPSA) is 6.48 Å². The van der Waals surface area contributed by atoms with Crippen molar-refractivity contribution in [2.24, 2.45) is 5.41 Å². The minimum Gasteiger partial charge on any atom is -0.338 e. The molecular weight excluding hydrogens is 699 g/mol. The molecule has 0 fully saturated rings. The van der Waals surface area contributed by atoms with Gasteiger partial charge in [0, 0.05) is 35.0 Å². The van der Waals surface area contributed by atoms with Gasteiger partial charge in [-0.25, -0.2) is 0 Å². The van der Waals surface area contributed by atoms with Gasteiger partial charge in [0.2, 0.25) is 0 Å². The molecule has 0 saturated carbocycles. The van der Waals surface area contributed by atoms with Crippen molar-refractivity contribution >= 4 is 51.5 Å². The molecule has 2 aliphatic heterocycles. The van der Waals surface area contributed by atoms with Gasteiger partial charge in [-0.3, -0.25) is 0 Å². The Morgan fingerprint density at radius 1 is 0.552 bits per heavy atom. The van der Waals surface area contributed by atoms with Gasteiger partial charge in [0.05, 0.1) is 0 Å². The fourth-order valence-electron chi connectivity index (χ4n) is 10.0. The van der Waals surface area contributed by atoms with E-state index in [0.29, 0.717) is 0 Å². The molecule has 0 aromatic heterocycles. The summed E-state index contributed by atoms with van der Waals surface area (Å²) in [6, 6.07) is 45.2. The van der Waals surface area contributed by atoms with E-state index in [1.54, 1.807) is 0 Å². The SMILES string of the molecule is Cc1cc2c3c(c1)N(c1cccc(C(C)(C)C)c1)c1cc(C(C)(C)C)ccc1B3c1cc3c(cc1N2Cc1ccc(C(C)(C)C)cc1-c1ccccc1)CC(C)(C)C3. The van der Waals surface area contributed by atoms with Gasteiger partial charge in [0.25, 0.3) is 6.71 Å². The Morgan fingerprint density at radius 3 is 1.86 bits per heavy atom. The van der Waals surface area contributed by atoms with Gasteiger partial charge in [-0.15, -0.1) is 0 Å². The first kappa shape index (κ1) is 38.5. The molecule has 2 heterocycles. The Hall–Kier alpha value is -5.02. The summed E-state index contributed by atoms with van der Waals surface area (Å²) in [5.74, 6) is 0. The highest BCUT2D eigenvalue weighted by molar-refractivity contribution is 7.00. The third-order valence-electron chi connectivity index (χ3n) is 13.2. The number of fused-ring (bicyclic) bond motifs is 5. The second-order valence-corrected chi connectivity index (χ2v) is 21.6. The summed E-state index contributed by atoms with van der Waals surface area (Å²) in [4.78, 5) is 5.30. The molecule has 2 nitrogen and oxygen atoms in total. The average Bonchev–Trinajstić information content (AvgIpc) is 3.46. The molecule has 3 heteroatoms. The lowest BCUT2D eigenvalue weighted by Crippen LogP contribution is -2.62. The number of benzene rings is 6. The zero-order valence-electron chi connectivity index (χ0n) is 37.1. The maximum atomic E-state index is 2.69. The van der Waals surface area contributed by atoms with Crippen LogP contribution in [0.1, 0.15) is 115 Å². The van der Waals surface area contributed by atoms with Gasteiger partial charge >= 0.3 is 0 Å². The van der Waals surface area contributed by atoms with Crippen LogP contribution < -0.4 is 26.2 Å². The minimum absolute atomic E-state index is 0.0126. The van der Waals surface area contributed by atoms with Crippen LogP contribution in [-0.2, 0) is 35.6 Å². The van der Waals surface area contributed by atoms with Gasteiger partial charge in [-0.05, 0) is 144 Å². The average molecular weight is 761 g/mol. The molecule has 0 saturated heterocycles. The highest BCUT2D eigenvalue weighted by Crippen LogP contribution is 2.47. The quantitative estimate of drug-likeness (QED) is 0.165. The first-order chi connectivity index (χ1) is 27.3. The minimum atomic E-state index is 0.0126. The maximum Gasteiger partial charge on any atom is 0.252 e. The van der Waals surface area contributed by atoms with Crippen molar-refractivity contribution in [3.05, 3.63) is 154 Å². The van der Waals surface area contributed by atoms with E-state index in [0.717, 1.165) is 19.4 Å². The molecule has 294 valence electrons. The Balaban J connectivity index is 1.33. The van der Waals surface area contributed by atoms with Crippen molar-refractivity contribution in [3.8, 4) is 11.1 Å². The predicted octanol–water partition coefficient (Wildman–Crippen LogP) is 12.6. The zero-order chi connectivity index (χ0) is 41.1. The van der Waals surface area contributed by atoms with Crippen molar-refractivity contribution in [2.45, 2.75) is 119 Å². The molecule has 0 radical (unpaired) electrons. The molecule has 0 spiro atoms. The number of anilines is 5. The van der Waals surface area contributed by atoms with Crippen molar-refractivity contribution in [1.29, 1.82) is 0 Å². The maximum absolute atomic E-state index is 2.69. The van der Waals surface area contributed by atoms with Crippen LogP contribution in [0.15, 0.2) is 115 Å². The summed E-state index contributed by atoms with van der Waals surface area (Å²) in [6.45, 7) is 29.0. The molecule has 3 aliphatic rings. The molecule has 6 aromatic carbocycles. The number of hydrogen-bond donors (Lipinski definition) is 0. The fourth-order valence-corrected chi connectivity index (χ4v) is 10.0. The van der Waals surface area contributed by atoms with Crippen molar-refractivity contribution < 1.29 is 0 Å². The zero-order valence-corrected chi connectivity index (χ0v) is 37.1. The summed E-state index contributed by atoms with van der Waals surface area (Å²) in [5, 5.41) is 0. The van der Waals surface area contributed by atoms with Crippen LogP contribution in [0.4, 0.5) is 28.4 Å². The summed E-state index contributed by atoms with van der Waals surface area (Å²) >= 11 is 0. The second-order valence-electron chi connectivity index (χ2n) is 21.6. The summed E-state index contributed by atoms with van der Waals surface area (Å²) in [6.07, 6.45) is 2.23. The van der Waals surface area contributed by atoms with E-state index in [4.69, 9.17) is 0 Å².